The summed E-state index contributed by atoms with van der Waals surface area (Å²) in [5.74, 6) is 0. The molecule has 3 heteroatoms. The lowest BCUT2D eigenvalue weighted by atomic mass is 9.73. The molecule has 0 aromatic rings. The van der Waals surface area contributed by atoms with E-state index in [0.29, 0.717) is 18.1 Å². The standard InChI is InChI=1S/C13H26N2O/c14-10-13(6-2-1-3-7-13)11-15-8-4-5-12(15)9-16/h12,16H,1-11,14H2. The number of aliphatic hydroxyl groups excluding tert-OH is 1. The second kappa shape index (κ2) is 5.48. The second-order valence-electron chi connectivity index (χ2n) is 5.71. The molecule has 1 aliphatic carbocycles. The average molecular weight is 226 g/mol. The summed E-state index contributed by atoms with van der Waals surface area (Å²) < 4.78 is 0. The maximum Gasteiger partial charge on any atom is 0.0586 e. The van der Waals surface area contributed by atoms with Gasteiger partial charge in [-0.05, 0) is 44.2 Å². The summed E-state index contributed by atoms with van der Waals surface area (Å²) >= 11 is 0. The van der Waals surface area contributed by atoms with Crippen molar-refractivity contribution in [2.24, 2.45) is 11.1 Å². The van der Waals surface area contributed by atoms with E-state index in [1.807, 2.05) is 0 Å². The van der Waals surface area contributed by atoms with Gasteiger partial charge in [-0.1, -0.05) is 19.3 Å². The quantitative estimate of drug-likeness (QED) is 0.761. The SMILES string of the molecule is NCC1(CN2CCCC2CO)CCCCC1. The molecule has 0 amide bonds. The summed E-state index contributed by atoms with van der Waals surface area (Å²) in [5, 5.41) is 9.35. The molecule has 94 valence electrons. The lowest BCUT2D eigenvalue weighted by molar-refractivity contribution is 0.0799. The van der Waals surface area contributed by atoms with Gasteiger partial charge in [0.1, 0.15) is 0 Å². The molecular formula is C13H26N2O. The molecule has 3 nitrogen and oxygen atoms in total. The highest BCUT2D eigenvalue weighted by Gasteiger charge is 2.35. The summed E-state index contributed by atoms with van der Waals surface area (Å²) in [5.41, 5.74) is 6.37. The highest BCUT2D eigenvalue weighted by Crippen LogP contribution is 2.37. The van der Waals surface area contributed by atoms with E-state index in [-0.39, 0.29) is 0 Å². The molecule has 1 atom stereocenters. The molecule has 3 N–H and O–H groups in total. The third-order valence-electron chi connectivity index (χ3n) is 4.60. The van der Waals surface area contributed by atoms with Crippen LogP contribution in [0.15, 0.2) is 0 Å². The van der Waals surface area contributed by atoms with Crippen molar-refractivity contribution < 1.29 is 5.11 Å². The van der Waals surface area contributed by atoms with Crippen molar-refractivity contribution >= 4 is 0 Å². The fourth-order valence-corrected chi connectivity index (χ4v) is 3.47. The molecule has 1 unspecified atom stereocenters. The van der Waals surface area contributed by atoms with Crippen LogP contribution in [0.5, 0.6) is 0 Å². The van der Waals surface area contributed by atoms with Gasteiger partial charge in [0.25, 0.3) is 0 Å². The van der Waals surface area contributed by atoms with Crippen LogP contribution in [0, 0.1) is 5.41 Å². The third-order valence-corrected chi connectivity index (χ3v) is 4.60. The van der Waals surface area contributed by atoms with E-state index < -0.39 is 0 Å². The summed E-state index contributed by atoms with van der Waals surface area (Å²) in [4.78, 5) is 2.48. The highest BCUT2D eigenvalue weighted by atomic mass is 16.3. The van der Waals surface area contributed by atoms with Crippen molar-refractivity contribution in [1.29, 1.82) is 0 Å². The Bertz CT molecular complexity index is 214. The lowest BCUT2D eigenvalue weighted by Gasteiger charge is -2.40. The molecule has 0 bridgehead atoms. The van der Waals surface area contributed by atoms with Crippen molar-refractivity contribution in [3.8, 4) is 0 Å². The van der Waals surface area contributed by atoms with Crippen LogP contribution in [-0.2, 0) is 0 Å². The minimum absolute atomic E-state index is 0.320. The number of rotatable bonds is 4. The third kappa shape index (κ3) is 2.58. The minimum atomic E-state index is 0.320. The van der Waals surface area contributed by atoms with Crippen molar-refractivity contribution in [2.75, 3.05) is 26.2 Å². The van der Waals surface area contributed by atoms with E-state index in [1.165, 1.54) is 38.5 Å². The molecule has 1 saturated carbocycles. The van der Waals surface area contributed by atoms with Gasteiger partial charge in [-0.15, -0.1) is 0 Å². The fourth-order valence-electron chi connectivity index (χ4n) is 3.47. The number of nitrogens with two attached hydrogens (primary N) is 1. The van der Waals surface area contributed by atoms with Crippen molar-refractivity contribution in [3.05, 3.63) is 0 Å². The minimum Gasteiger partial charge on any atom is -0.395 e. The van der Waals surface area contributed by atoms with Gasteiger partial charge in [0.15, 0.2) is 0 Å². The van der Waals surface area contributed by atoms with Gasteiger partial charge < -0.3 is 10.8 Å². The zero-order valence-electron chi connectivity index (χ0n) is 10.3. The van der Waals surface area contributed by atoms with Crippen molar-refractivity contribution in [3.63, 3.8) is 0 Å². The van der Waals surface area contributed by atoms with Gasteiger partial charge in [0.05, 0.1) is 6.61 Å². The molecule has 2 rings (SSSR count). The summed E-state index contributed by atoms with van der Waals surface area (Å²) in [6, 6.07) is 0.408. The first kappa shape index (κ1) is 12.3. The first-order valence-electron chi connectivity index (χ1n) is 6.85. The first-order valence-corrected chi connectivity index (χ1v) is 6.85. The van der Waals surface area contributed by atoms with Gasteiger partial charge in [-0.2, -0.15) is 0 Å². The van der Waals surface area contributed by atoms with Crippen LogP contribution in [0.25, 0.3) is 0 Å². The number of hydrogen-bond donors (Lipinski definition) is 2. The van der Waals surface area contributed by atoms with Gasteiger partial charge in [-0.25, -0.2) is 0 Å². The predicted octanol–water partition coefficient (Wildman–Crippen LogP) is 1.35. The van der Waals surface area contributed by atoms with E-state index in [2.05, 4.69) is 4.90 Å². The first-order chi connectivity index (χ1) is 7.79. The molecule has 1 aliphatic heterocycles. The van der Waals surface area contributed by atoms with Crippen LogP contribution in [-0.4, -0.2) is 42.3 Å². The van der Waals surface area contributed by atoms with Crippen molar-refractivity contribution in [2.45, 2.75) is 51.0 Å². The summed E-state index contributed by atoms with van der Waals surface area (Å²) in [6.45, 7) is 3.42. The lowest BCUT2D eigenvalue weighted by Crippen LogP contribution is -2.46. The molecule has 0 spiro atoms. The van der Waals surface area contributed by atoms with E-state index in [4.69, 9.17) is 5.73 Å². The maximum absolute atomic E-state index is 9.35. The van der Waals surface area contributed by atoms with Crippen LogP contribution < -0.4 is 5.73 Å². The van der Waals surface area contributed by atoms with Crippen molar-refractivity contribution in [1.82, 2.24) is 4.90 Å². The largest absolute Gasteiger partial charge is 0.395 e. The Hall–Kier alpha value is -0.120. The molecule has 16 heavy (non-hydrogen) atoms. The number of aliphatic hydroxyl groups is 1. The predicted molar refractivity (Wildman–Crippen MR) is 66.3 cm³/mol. The second-order valence-corrected chi connectivity index (χ2v) is 5.71. The zero-order valence-corrected chi connectivity index (χ0v) is 10.3. The average Bonchev–Trinajstić information content (AvgIpc) is 2.77. The molecule has 0 aromatic carbocycles. The topological polar surface area (TPSA) is 49.5 Å². The molecule has 2 fully saturated rings. The smallest absolute Gasteiger partial charge is 0.0586 e. The van der Waals surface area contributed by atoms with Gasteiger partial charge in [0, 0.05) is 12.6 Å². The van der Waals surface area contributed by atoms with Crippen LogP contribution in [0.3, 0.4) is 0 Å². The highest BCUT2D eigenvalue weighted by molar-refractivity contribution is 4.90. The van der Waals surface area contributed by atoms with E-state index in [9.17, 15) is 5.11 Å². The van der Waals surface area contributed by atoms with Gasteiger partial charge in [-0.3, -0.25) is 4.90 Å². The Labute approximate surface area is 99.0 Å². The Balaban J connectivity index is 1.94. The maximum atomic E-state index is 9.35. The van der Waals surface area contributed by atoms with E-state index >= 15 is 0 Å². The molecule has 0 aromatic heterocycles. The molecule has 1 saturated heterocycles. The van der Waals surface area contributed by atoms with Crippen LogP contribution in [0.1, 0.15) is 44.9 Å². The van der Waals surface area contributed by atoms with Gasteiger partial charge in [0.2, 0.25) is 0 Å². The molecule has 1 heterocycles. The van der Waals surface area contributed by atoms with Crippen LogP contribution >= 0.6 is 0 Å². The van der Waals surface area contributed by atoms with Crippen LogP contribution in [0.4, 0.5) is 0 Å². The van der Waals surface area contributed by atoms with E-state index in [1.54, 1.807) is 0 Å². The normalized spacial score (nSPS) is 30.8. The zero-order chi connectivity index (χ0) is 11.4. The Morgan fingerprint density at radius 3 is 2.56 bits per heavy atom. The van der Waals surface area contributed by atoms with Crippen LogP contribution in [0.2, 0.25) is 0 Å². The summed E-state index contributed by atoms with van der Waals surface area (Å²) in [6.07, 6.45) is 9.05. The number of hydrogen-bond acceptors (Lipinski definition) is 3. The van der Waals surface area contributed by atoms with Gasteiger partial charge >= 0.3 is 0 Å². The monoisotopic (exact) mass is 226 g/mol. The Morgan fingerprint density at radius 1 is 1.19 bits per heavy atom. The fraction of sp³-hybridized carbons (Fsp3) is 1.00. The number of nitrogens with zero attached hydrogens (tertiary/aromatic N) is 1. The summed E-state index contributed by atoms with van der Waals surface area (Å²) in [7, 11) is 0. The molecule has 0 radical (unpaired) electrons. The Kier molecular flexibility index (Phi) is 4.22. The number of likely N-dealkylation sites (tertiary alicyclic amines) is 1. The van der Waals surface area contributed by atoms with E-state index in [0.717, 1.165) is 26.1 Å². The molecular weight excluding hydrogens is 200 g/mol. The Morgan fingerprint density at radius 2 is 1.94 bits per heavy atom. The molecule has 2 aliphatic rings.